The molecule has 1 fully saturated rings. The van der Waals surface area contributed by atoms with Gasteiger partial charge in [-0.25, -0.2) is 0 Å². The number of nitrogens with one attached hydrogen (secondary N) is 1. The van der Waals surface area contributed by atoms with E-state index in [0.29, 0.717) is 5.92 Å². The third-order valence-electron chi connectivity index (χ3n) is 3.57. The minimum atomic E-state index is -0.190. The molecule has 0 heterocycles. The van der Waals surface area contributed by atoms with Crippen molar-refractivity contribution >= 4 is 5.91 Å². The molecule has 1 rings (SSSR count). The van der Waals surface area contributed by atoms with Crippen LogP contribution in [0.25, 0.3) is 0 Å². The maximum absolute atomic E-state index is 12.1. The van der Waals surface area contributed by atoms with Gasteiger partial charge >= 0.3 is 0 Å². The first-order chi connectivity index (χ1) is 7.48. The summed E-state index contributed by atoms with van der Waals surface area (Å²) in [6.45, 7) is 6.29. The van der Waals surface area contributed by atoms with Gasteiger partial charge in [0.05, 0.1) is 12.6 Å². The number of hydrogen-bond acceptors (Lipinski definition) is 2. The molecule has 94 valence electrons. The number of hydrogen-bond donors (Lipinski definition) is 2. The first kappa shape index (κ1) is 13.5. The van der Waals surface area contributed by atoms with Crippen molar-refractivity contribution < 1.29 is 9.90 Å². The summed E-state index contributed by atoms with van der Waals surface area (Å²) in [6, 6.07) is -0.0788. The Morgan fingerprint density at radius 3 is 2.38 bits per heavy atom. The van der Waals surface area contributed by atoms with Crippen molar-refractivity contribution in [2.24, 2.45) is 11.3 Å². The van der Waals surface area contributed by atoms with E-state index in [1.54, 1.807) is 0 Å². The van der Waals surface area contributed by atoms with E-state index in [1.807, 2.05) is 6.92 Å². The molecular weight excluding hydrogens is 202 g/mol. The summed E-state index contributed by atoms with van der Waals surface area (Å²) in [6.07, 6.45) is 5.12. The van der Waals surface area contributed by atoms with Gasteiger partial charge in [-0.15, -0.1) is 0 Å². The van der Waals surface area contributed by atoms with Gasteiger partial charge in [0.1, 0.15) is 0 Å². The zero-order valence-corrected chi connectivity index (χ0v) is 10.8. The lowest BCUT2D eigenvalue weighted by Gasteiger charge is -2.26. The maximum atomic E-state index is 12.1. The molecule has 0 spiro atoms. The average molecular weight is 227 g/mol. The summed E-state index contributed by atoms with van der Waals surface area (Å²) < 4.78 is 0. The van der Waals surface area contributed by atoms with Crippen LogP contribution in [0.3, 0.4) is 0 Å². The molecule has 3 heteroatoms. The van der Waals surface area contributed by atoms with Crippen LogP contribution < -0.4 is 5.32 Å². The fourth-order valence-electron chi connectivity index (χ4n) is 2.49. The summed E-state index contributed by atoms with van der Waals surface area (Å²) in [5, 5.41) is 12.2. The van der Waals surface area contributed by atoms with Crippen LogP contribution in [0.1, 0.15) is 52.9 Å². The molecule has 16 heavy (non-hydrogen) atoms. The summed E-state index contributed by atoms with van der Waals surface area (Å²) in [7, 11) is 0. The van der Waals surface area contributed by atoms with Crippen LogP contribution >= 0.6 is 0 Å². The van der Waals surface area contributed by atoms with Gasteiger partial charge in [0.15, 0.2) is 0 Å². The van der Waals surface area contributed by atoms with E-state index in [4.69, 9.17) is 0 Å². The third kappa shape index (κ3) is 3.48. The smallest absolute Gasteiger partial charge is 0.226 e. The molecule has 0 aromatic rings. The molecule has 3 nitrogen and oxygen atoms in total. The SMILES string of the molecule is CC(C)CC(CO)NC(=O)C1(C)CCCC1. The predicted octanol–water partition coefficient (Wildman–Crippen LogP) is 2.09. The first-order valence-electron chi connectivity index (χ1n) is 6.40. The number of aliphatic hydroxyl groups is 1. The Labute approximate surface area is 98.6 Å². The van der Waals surface area contributed by atoms with Crippen molar-refractivity contribution in [2.45, 2.75) is 58.9 Å². The van der Waals surface area contributed by atoms with Crippen LogP contribution in [0, 0.1) is 11.3 Å². The minimum absolute atomic E-state index is 0.0417. The average Bonchev–Trinajstić information content (AvgIpc) is 2.64. The van der Waals surface area contributed by atoms with E-state index in [0.717, 1.165) is 32.1 Å². The molecule has 1 amide bonds. The van der Waals surface area contributed by atoms with Crippen LogP contribution in [0.4, 0.5) is 0 Å². The number of rotatable bonds is 5. The topological polar surface area (TPSA) is 49.3 Å². The Morgan fingerprint density at radius 1 is 1.38 bits per heavy atom. The molecule has 1 aliphatic carbocycles. The van der Waals surface area contributed by atoms with E-state index in [9.17, 15) is 9.90 Å². The second kappa shape index (κ2) is 5.67. The second-order valence-electron chi connectivity index (χ2n) is 5.75. The second-order valence-corrected chi connectivity index (χ2v) is 5.75. The van der Waals surface area contributed by atoms with Crippen LogP contribution in [0.5, 0.6) is 0 Å². The first-order valence-corrected chi connectivity index (χ1v) is 6.40. The minimum Gasteiger partial charge on any atom is -0.394 e. The monoisotopic (exact) mass is 227 g/mol. The molecule has 0 aliphatic heterocycles. The quantitative estimate of drug-likeness (QED) is 0.755. The summed E-state index contributed by atoms with van der Waals surface area (Å²) in [5.74, 6) is 0.624. The molecule has 0 aromatic carbocycles. The Bertz CT molecular complexity index is 232. The van der Waals surface area contributed by atoms with Gasteiger partial charge in [0.2, 0.25) is 5.91 Å². The van der Waals surface area contributed by atoms with E-state index in [1.165, 1.54) is 0 Å². The zero-order chi connectivity index (χ0) is 12.2. The van der Waals surface area contributed by atoms with E-state index in [2.05, 4.69) is 19.2 Å². The molecule has 1 saturated carbocycles. The Hall–Kier alpha value is -0.570. The third-order valence-corrected chi connectivity index (χ3v) is 3.57. The van der Waals surface area contributed by atoms with Crippen molar-refractivity contribution in [3.05, 3.63) is 0 Å². The van der Waals surface area contributed by atoms with Crippen molar-refractivity contribution in [2.75, 3.05) is 6.61 Å². The largest absolute Gasteiger partial charge is 0.394 e. The van der Waals surface area contributed by atoms with Gasteiger partial charge < -0.3 is 10.4 Å². The lowest BCUT2D eigenvalue weighted by molar-refractivity contribution is -0.131. The molecule has 0 aromatic heterocycles. The highest BCUT2D eigenvalue weighted by atomic mass is 16.3. The fourth-order valence-corrected chi connectivity index (χ4v) is 2.49. The van der Waals surface area contributed by atoms with Crippen LogP contribution in [-0.2, 0) is 4.79 Å². The Morgan fingerprint density at radius 2 is 1.94 bits per heavy atom. The lowest BCUT2D eigenvalue weighted by Crippen LogP contribution is -2.45. The van der Waals surface area contributed by atoms with Gasteiger partial charge in [0, 0.05) is 5.41 Å². The highest BCUT2D eigenvalue weighted by molar-refractivity contribution is 5.82. The maximum Gasteiger partial charge on any atom is 0.226 e. The van der Waals surface area contributed by atoms with Crippen molar-refractivity contribution in [3.63, 3.8) is 0 Å². The molecular formula is C13H25NO2. The van der Waals surface area contributed by atoms with Crippen LogP contribution in [0.15, 0.2) is 0 Å². The Balaban J connectivity index is 2.48. The van der Waals surface area contributed by atoms with Gasteiger partial charge in [0.25, 0.3) is 0 Å². The van der Waals surface area contributed by atoms with E-state index in [-0.39, 0.29) is 24.0 Å². The van der Waals surface area contributed by atoms with Crippen molar-refractivity contribution in [1.29, 1.82) is 0 Å². The van der Waals surface area contributed by atoms with Crippen molar-refractivity contribution in [3.8, 4) is 0 Å². The number of carbonyl (C=O) groups is 1. The van der Waals surface area contributed by atoms with Gasteiger partial charge in [-0.2, -0.15) is 0 Å². The van der Waals surface area contributed by atoms with Gasteiger partial charge in [-0.05, 0) is 25.2 Å². The van der Waals surface area contributed by atoms with Crippen LogP contribution in [-0.4, -0.2) is 23.7 Å². The molecule has 1 atom stereocenters. The molecule has 2 N–H and O–H groups in total. The van der Waals surface area contributed by atoms with Crippen LogP contribution in [0.2, 0.25) is 0 Å². The number of carbonyl (C=O) groups excluding carboxylic acids is 1. The molecule has 1 unspecified atom stereocenters. The standard InChI is InChI=1S/C13H25NO2/c1-10(2)8-11(9-15)14-12(16)13(3)6-4-5-7-13/h10-11,15H,4-9H2,1-3H3,(H,14,16). The molecule has 0 bridgehead atoms. The van der Waals surface area contributed by atoms with Crippen molar-refractivity contribution in [1.82, 2.24) is 5.32 Å². The molecule has 0 saturated heterocycles. The fraction of sp³-hybridized carbons (Fsp3) is 0.923. The molecule has 0 radical (unpaired) electrons. The van der Waals surface area contributed by atoms with Gasteiger partial charge in [-0.3, -0.25) is 4.79 Å². The number of aliphatic hydroxyl groups excluding tert-OH is 1. The normalized spacial score (nSPS) is 21.1. The highest BCUT2D eigenvalue weighted by Gasteiger charge is 2.36. The summed E-state index contributed by atoms with van der Waals surface area (Å²) >= 11 is 0. The lowest BCUT2D eigenvalue weighted by atomic mass is 9.87. The Kier molecular flexibility index (Phi) is 4.78. The van der Waals surface area contributed by atoms with E-state index >= 15 is 0 Å². The van der Waals surface area contributed by atoms with E-state index < -0.39 is 0 Å². The zero-order valence-electron chi connectivity index (χ0n) is 10.8. The summed E-state index contributed by atoms with van der Waals surface area (Å²) in [4.78, 5) is 12.1. The molecule has 1 aliphatic rings. The van der Waals surface area contributed by atoms with Gasteiger partial charge in [-0.1, -0.05) is 33.6 Å². The predicted molar refractivity (Wildman–Crippen MR) is 65.0 cm³/mol. The summed E-state index contributed by atoms with van der Waals surface area (Å²) in [5.41, 5.74) is -0.190. The highest BCUT2D eigenvalue weighted by Crippen LogP contribution is 2.37. The number of amides is 1.